The van der Waals surface area contributed by atoms with Crippen LogP contribution in [0.5, 0.6) is 0 Å². The van der Waals surface area contributed by atoms with Crippen molar-refractivity contribution in [2.75, 3.05) is 0 Å². The van der Waals surface area contributed by atoms with Crippen LogP contribution in [0.4, 0.5) is 0 Å². The van der Waals surface area contributed by atoms with E-state index in [9.17, 15) is 9.59 Å². The van der Waals surface area contributed by atoms with Gasteiger partial charge in [0.05, 0.1) is 19.2 Å². The number of carbonyl (C=O) groups is 2. The van der Waals surface area contributed by atoms with Gasteiger partial charge in [-0.1, -0.05) is 0 Å². The summed E-state index contributed by atoms with van der Waals surface area (Å²) in [7, 11) is 0. The van der Waals surface area contributed by atoms with Crippen molar-refractivity contribution in [3.05, 3.63) is 58.7 Å². The molecule has 1 aliphatic carbocycles. The lowest BCUT2D eigenvalue weighted by Crippen LogP contribution is -2.24. The molecule has 0 aliphatic heterocycles. The van der Waals surface area contributed by atoms with E-state index < -0.39 is 5.97 Å². The molecule has 2 heterocycles. The predicted molar refractivity (Wildman–Crippen MR) is 89.5 cm³/mol. The molecule has 2 aromatic heterocycles. The quantitative estimate of drug-likeness (QED) is 0.745. The van der Waals surface area contributed by atoms with Gasteiger partial charge in [-0.15, -0.1) is 0 Å². The Morgan fingerprint density at radius 2 is 1.96 bits per heavy atom. The summed E-state index contributed by atoms with van der Waals surface area (Å²) in [5.41, 5.74) is 4.35. The van der Waals surface area contributed by atoms with Gasteiger partial charge in [-0.2, -0.15) is 0 Å². The van der Waals surface area contributed by atoms with E-state index in [1.807, 2.05) is 0 Å². The van der Waals surface area contributed by atoms with Crippen LogP contribution in [-0.2, 0) is 30.6 Å². The van der Waals surface area contributed by atoms with Crippen molar-refractivity contribution < 1.29 is 23.5 Å². The molecular weight excluding hydrogens is 322 g/mol. The van der Waals surface area contributed by atoms with Gasteiger partial charge in [0.15, 0.2) is 0 Å². The number of carboxylic acid groups (broad SMARTS) is 1. The summed E-state index contributed by atoms with van der Waals surface area (Å²) in [4.78, 5) is 23.0. The van der Waals surface area contributed by atoms with Crippen LogP contribution < -0.4 is 5.32 Å². The van der Waals surface area contributed by atoms with E-state index in [0.29, 0.717) is 5.76 Å². The minimum Gasteiger partial charge on any atom is -0.475 e. The van der Waals surface area contributed by atoms with Crippen LogP contribution in [0.1, 0.15) is 39.4 Å². The number of amides is 1. The van der Waals surface area contributed by atoms with Crippen LogP contribution in [0.25, 0.3) is 11.0 Å². The number of furan rings is 2. The molecule has 3 aromatic rings. The van der Waals surface area contributed by atoms with Crippen molar-refractivity contribution in [2.24, 2.45) is 0 Å². The number of hydrogen-bond donors (Lipinski definition) is 2. The van der Waals surface area contributed by atoms with Crippen molar-refractivity contribution in [1.82, 2.24) is 5.32 Å². The molecule has 1 amide bonds. The highest BCUT2D eigenvalue weighted by Crippen LogP contribution is 2.30. The number of carbonyl (C=O) groups excluding carboxylic acids is 1. The second-order valence-corrected chi connectivity index (χ2v) is 6.26. The zero-order chi connectivity index (χ0) is 17.4. The van der Waals surface area contributed by atoms with Crippen LogP contribution in [0.15, 0.2) is 39.4 Å². The van der Waals surface area contributed by atoms with Gasteiger partial charge in [0.25, 0.3) is 0 Å². The van der Waals surface area contributed by atoms with Crippen LogP contribution in [0.2, 0.25) is 0 Å². The van der Waals surface area contributed by atoms with Gasteiger partial charge in [-0.3, -0.25) is 4.79 Å². The fourth-order valence-electron chi connectivity index (χ4n) is 3.29. The maximum absolute atomic E-state index is 12.2. The fraction of sp³-hybridized carbons (Fsp3) is 0.263. The Morgan fingerprint density at radius 3 is 2.72 bits per heavy atom. The van der Waals surface area contributed by atoms with Gasteiger partial charge in [-0.25, -0.2) is 4.79 Å². The van der Waals surface area contributed by atoms with Crippen LogP contribution in [-0.4, -0.2) is 17.0 Å². The summed E-state index contributed by atoms with van der Waals surface area (Å²) in [5.74, 6) is -1.04. The molecule has 1 aromatic carbocycles. The lowest BCUT2D eigenvalue weighted by molar-refractivity contribution is -0.120. The lowest BCUT2D eigenvalue weighted by atomic mass is 10.0. The Morgan fingerprint density at radius 1 is 1.16 bits per heavy atom. The minimum atomic E-state index is -1.13. The van der Waals surface area contributed by atoms with E-state index in [1.165, 1.54) is 23.6 Å². The first-order chi connectivity index (χ1) is 12.1. The third-order valence-corrected chi connectivity index (χ3v) is 4.55. The van der Waals surface area contributed by atoms with Gasteiger partial charge < -0.3 is 19.3 Å². The molecule has 0 radical (unpaired) electrons. The summed E-state index contributed by atoms with van der Waals surface area (Å²) in [6, 6.07) is 7.12. The number of hydrogen-bond acceptors (Lipinski definition) is 4. The number of carboxylic acids is 1. The van der Waals surface area contributed by atoms with E-state index in [4.69, 9.17) is 13.9 Å². The van der Waals surface area contributed by atoms with E-state index in [1.54, 1.807) is 12.3 Å². The minimum absolute atomic E-state index is 0.140. The average molecular weight is 339 g/mol. The molecule has 6 heteroatoms. The van der Waals surface area contributed by atoms with Crippen molar-refractivity contribution in [3.8, 4) is 0 Å². The van der Waals surface area contributed by atoms with Gasteiger partial charge in [0, 0.05) is 10.9 Å². The maximum atomic E-state index is 12.2. The van der Waals surface area contributed by atoms with E-state index in [0.717, 1.165) is 29.4 Å². The third kappa shape index (κ3) is 3.03. The number of benzene rings is 1. The van der Waals surface area contributed by atoms with E-state index >= 15 is 0 Å². The normalized spacial score (nSPS) is 13.1. The molecular formula is C19H17NO5. The molecule has 25 heavy (non-hydrogen) atoms. The molecule has 1 aliphatic rings. The molecule has 128 valence electrons. The number of nitrogens with one attached hydrogen (secondary N) is 1. The van der Waals surface area contributed by atoms with Crippen molar-refractivity contribution in [3.63, 3.8) is 0 Å². The van der Waals surface area contributed by atoms with Gasteiger partial charge in [0.1, 0.15) is 11.3 Å². The fourth-order valence-corrected chi connectivity index (χ4v) is 3.29. The molecule has 0 saturated heterocycles. The highest BCUT2D eigenvalue weighted by atomic mass is 16.4. The molecule has 0 saturated carbocycles. The molecule has 2 N–H and O–H groups in total. The smallest absolute Gasteiger partial charge is 0.371 e. The van der Waals surface area contributed by atoms with Gasteiger partial charge >= 0.3 is 5.97 Å². The summed E-state index contributed by atoms with van der Waals surface area (Å²) in [5, 5.41) is 12.5. The van der Waals surface area contributed by atoms with Gasteiger partial charge in [0.2, 0.25) is 11.7 Å². The van der Waals surface area contributed by atoms with E-state index in [-0.39, 0.29) is 24.6 Å². The molecule has 0 fully saturated rings. The van der Waals surface area contributed by atoms with Gasteiger partial charge in [-0.05, 0) is 54.7 Å². The Hall–Kier alpha value is -3.02. The topological polar surface area (TPSA) is 92.7 Å². The van der Waals surface area contributed by atoms with Crippen molar-refractivity contribution in [2.45, 2.75) is 32.2 Å². The number of aryl methyl sites for hydroxylation is 2. The van der Waals surface area contributed by atoms with E-state index in [2.05, 4.69) is 17.4 Å². The first-order valence-corrected chi connectivity index (χ1v) is 8.21. The summed E-state index contributed by atoms with van der Waals surface area (Å²) in [6.45, 7) is 0.150. The largest absolute Gasteiger partial charge is 0.475 e. The Bertz CT molecular complexity index is 966. The summed E-state index contributed by atoms with van der Waals surface area (Å²) in [6.07, 6.45) is 5.17. The number of rotatable bonds is 5. The van der Waals surface area contributed by atoms with Crippen molar-refractivity contribution >= 4 is 22.8 Å². The van der Waals surface area contributed by atoms with Crippen molar-refractivity contribution in [1.29, 1.82) is 0 Å². The zero-order valence-corrected chi connectivity index (χ0v) is 13.5. The maximum Gasteiger partial charge on any atom is 0.371 e. The zero-order valence-electron chi connectivity index (χ0n) is 13.5. The first-order valence-electron chi connectivity index (χ1n) is 8.21. The predicted octanol–water partition coefficient (Wildman–Crippen LogP) is 3.07. The molecule has 6 nitrogen and oxygen atoms in total. The van der Waals surface area contributed by atoms with Crippen LogP contribution in [0, 0.1) is 0 Å². The van der Waals surface area contributed by atoms with Crippen LogP contribution in [0.3, 0.4) is 0 Å². The summed E-state index contributed by atoms with van der Waals surface area (Å²) >= 11 is 0. The Labute approximate surface area is 143 Å². The standard InChI is InChI=1S/C19H17NO5/c21-18(20-9-14-4-5-16(25-14)19(22)23)8-13-10-24-17-7-12-3-1-2-11(12)6-15(13)17/h4-7,10H,1-3,8-9H2,(H,20,21)(H,22,23). The molecule has 0 spiro atoms. The molecule has 0 unspecified atom stereocenters. The number of fused-ring (bicyclic) bond motifs is 2. The Balaban J connectivity index is 1.43. The monoisotopic (exact) mass is 339 g/mol. The lowest BCUT2D eigenvalue weighted by Gasteiger charge is -2.03. The second kappa shape index (κ2) is 6.12. The molecule has 0 atom stereocenters. The highest BCUT2D eigenvalue weighted by molar-refractivity contribution is 5.88. The molecule has 0 bridgehead atoms. The first kappa shape index (κ1) is 15.5. The third-order valence-electron chi connectivity index (χ3n) is 4.55. The average Bonchev–Trinajstić information content (AvgIpc) is 3.31. The highest BCUT2D eigenvalue weighted by Gasteiger charge is 2.17. The molecule has 4 rings (SSSR count). The second-order valence-electron chi connectivity index (χ2n) is 6.26. The van der Waals surface area contributed by atoms with Crippen LogP contribution >= 0.6 is 0 Å². The Kier molecular flexibility index (Phi) is 3.80. The summed E-state index contributed by atoms with van der Waals surface area (Å²) < 4.78 is 10.7. The SMILES string of the molecule is O=C(Cc1coc2cc3c(cc12)CCC3)NCc1ccc(C(=O)O)o1. The number of aromatic carboxylic acids is 1.